The highest BCUT2D eigenvalue weighted by Gasteiger charge is 2.08. The first-order valence-electron chi connectivity index (χ1n) is 8.67. The van der Waals surface area contributed by atoms with Crippen molar-refractivity contribution >= 4 is 5.96 Å². The molecule has 5 nitrogen and oxygen atoms in total. The summed E-state index contributed by atoms with van der Waals surface area (Å²) in [5.74, 6) is 0.896. The summed E-state index contributed by atoms with van der Waals surface area (Å²) in [6.45, 7) is 6.97. The molecule has 1 aliphatic rings. The highest BCUT2D eigenvalue weighted by atomic mass is 16.5. The summed E-state index contributed by atoms with van der Waals surface area (Å²) in [4.78, 5) is 6.76. The van der Waals surface area contributed by atoms with Gasteiger partial charge in [0.05, 0.1) is 13.2 Å². The summed E-state index contributed by atoms with van der Waals surface area (Å²) in [6, 6.07) is 10.5. The van der Waals surface area contributed by atoms with Gasteiger partial charge in [0, 0.05) is 33.2 Å². The van der Waals surface area contributed by atoms with Gasteiger partial charge in [-0.25, -0.2) is 0 Å². The Bertz CT molecular complexity index is 444. The lowest BCUT2D eigenvalue weighted by molar-refractivity contribution is 0.0372. The Kier molecular flexibility index (Phi) is 8.51. The molecule has 0 saturated carbocycles. The largest absolute Gasteiger partial charge is 0.379 e. The SMILES string of the molecule is CN=C(NCCCCN1CCOCC1)NCCc1ccccc1. The van der Waals surface area contributed by atoms with Gasteiger partial charge in [0.25, 0.3) is 0 Å². The fraction of sp³-hybridized carbons (Fsp3) is 0.611. The van der Waals surface area contributed by atoms with Gasteiger partial charge < -0.3 is 15.4 Å². The summed E-state index contributed by atoms with van der Waals surface area (Å²) in [6.07, 6.45) is 3.39. The van der Waals surface area contributed by atoms with Crippen LogP contribution in [0.2, 0.25) is 0 Å². The van der Waals surface area contributed by atoms with Gasteiger partial charge in [-0.1, -0.05) is 30.3 Å². The molecule has 128 valence electrons. The van der Waals surface area contributed by atoms with E-state index in [1.807, 2.05) is 13.1 Å². The monoisotopic (exact) mass is 318 g/mol. The number of morpholine rings is 1. The second-order valence-electron chi connectivity index (χ2n) is 5.82. The first-order chi connectivity index (χ1) is 11.4. The fourth-order valence-corrected chi connectivity index (χ4v) is 2.68. The molecule has 0 bridgehead atoms. The average Bonchev–Trinajstić information content (AvgIpc) is 2.61. The second kappa shape index (κ2) is 11.0. The summed E-state index contributed by atoms with van der Waals surface area (Å²) in [5.41, 5.74) is 1.35. The molecule has 0 radical (unpaired) electrons. The third-order valence-electron chi connectivity index (χ3n) is 4.07. The number of rotatable bonds is 8. The molecule has 2 N–H and O–H groups in total. The van der Waals surface area contributed by atoms with Crippen molar-refractivity contribution in [2.24, 2.45) is 4.99 Å². The van der Waals surface area contributed by atoms with E-state index in [-0.39, 0.29) is 0 Å². The van der Waals surface area contributed by atoms with E-state index in [0.717, 1.165) is 58.2 Å². The molecule has 0 amide bonds. The van der Waals surface area contributed by atoms with Gasteiger partial charge in [0.2, 0.25) is 0 Å². The number of unbranched alkanes of at least 4 members (excludes halogenated alkanes) is 1. The highest BCUT2D eigenvalue weighted by Crippen LogP contribution is 2.00. The summed E-state index contributed by atoms with van der Waals surface area (Å²) in [5, 5.41) is 6.76. The van der Waals surface area contributed by atoms with Gasteiger partial charge in [0.1, 0.15) is 0 Å². The van der Waals surface area contributed by atoms with Crippen molar-refractivity contribution in [2.75, 3.05) is 53.0 Å². The van der Waals surface area contributed by atoms with Crippen LogP contribution >= 0.6 is 0 Å². The fourth-order valence-electron chi connectivity index (χ4n) is 2.68. The predicted octanol–water partition coefficient (Wildman–Crippen LogP) is 1.51. The minimum Gasteiger partial charge on any atom is -0.379 e. The van der Waals surface area contributed by atoms with Gasteiger partial charge >= 0.3 is 0 Å². The molecule has 0 aromatic heterocycles. The number of aliphatic imine (C=N–C) groups is 1. The van der Waals surface area contributed by atoms with Crippen molar-refractivity contribution in [1.29, 1.82) is 0 Å². The van der Waals surface area contributed by atoms with Crippen molar-refractivity contribution in [3.8, 4) is 0 Å². The third-order valence-corrected chi connectivity index (χ3v) is 4.07. The molecule has 1 fully saturated rings. The Morgan fingerprint density at radius 2 is 1.83 bits per heavy atom. The molecule has 1 heterocycles. The Balaban J connectivity index is 1.51. The smallest absolute Gasteiger partial charge is 0.190 e. The zero-order valence-corrected chi connectivity index (χ0v) is 14.3. The summed E-state index contributed by atoms with van der Waals surface area (Å²) < 4.78 is 5.36. The molecule has 0 spiro atoms. The second-order valence-corrected chi connectivity index (χ2v) is 5.82. The van der Waals surface area contributed by atoms with E-state index in [1.165, 1.54) is 18.5 Å². The molecule has 1 aromatic carbocycles. The number of ether oxygens (including phenoxy) is 1. The minimum absolute atomic E-state index is 0.885. The maximum atomic E-state index is 5.36. The first kappa shape index (κ1) is 17.8. The van der Waals surface area contributed by atoms with E-state index in [2.05, 4.69) is 44.8 Å². The molecule has 0 atom stereocenters. The summed E-state index contributed by atoms with van der Waals surface area (Å²) in [7, 11) is 1.82. The lowest BCUT2D eigenvalue weighted by Gasteiger charge is -2.26. The molecular weight excluding hydrogens is 288 g/mol. The van der Waals surface area contributed by atoms with Crippen LogP contribution in [0.1, 0.15) is 18.4 Å². The maximum absolute atomic E-state index is 5.36. The summed E-state index contributed by atoms with van der Waals surface area (Å²) >= 11 is 0. The van der Waals surface area contributed by atoms with Gasteiger partial charge in [-0.15, -0.1) is 0 Å². The number of nitrogens with zero attached hydrogens (tertiary/aromatic N) is 2. The zero-order chi connectivity index (χ0) is 16.2. The molecule has 23 heavy (non-hydrogen) atoms. The Morgan fingerprint density at radius 1 is 1.09 bits per heavy atom. The standard InChI is InChI=1S/C18H30N4O/c1-19-18(21-11-9-17-7-3-2-4-8-17)20-10-5-6-12-22-13-15-23-16-14-22/h2-4,7-8H,5-6,9-16H2,1H3,(H2,19,20,21). The van der Waals surface area contributed by atoms with Crippen LogP contribution in [-0.4, -0.2) is 63.8 Å². The minimum atomic E-state index is 0.885. The van der Waals surface area contributed by atoms with Crippen LogP contribution in [0.15, 0.2) is 35.3 Å². The molecule has 1 aliphatic heterocycles. The van der Waals surface area contributed by atoms with Crippen molar-refractivity contribution in [3.63, 3.8) is 0 Å². The third kappa shape index (κ3) is 7.48. The van der Waals surface area contributed by atoms with Gasteiger partial charge in [-0.2, -0.15) is 0 Å². The normalized spacial score (nSPS) is 16.3. The zero-order valence-electron chi connectivity index (χ0n) is 14.3. The number of guanidine groups is 1. The lowest BCUT2D eigenvalue weighted by Crippen LogP contribution is -2.39. The quantitative estimate of drug-likeness (QED) is 0.433. The highest BCUT2D eigenvalue weighted by molar-refractivity contribution is 5.79. The van der Waals surface area contributed by atoms with E-state index in [0.29, 0.717) is 0 Å². The van der Waals surface area contributed by atoms with E-state index in [9.17, 15) is 0 Å². The van der Waals surface area contributed by atoms with Crippen LogP contribution in [0.5, 0.6) is 0 Å². The van der Waals surface area contributed by atoms with Gasteiger partial charge in [-0.3, -0.25) is 9.89 Å². The topological polar surface area (TPSA) is 48.9 Å². The van der Waals surface area contributed by atoms with Crippen molar-refractivity contribution in [3.05, 3.63) is 35.9 Å². The average molecular weight is 318 g/mol. The Hall–Kier alpha value is -1.59. The predicted molar refractivity (Wildman–Crippen MR) is 96.0 cm³/mol. The number of hydrogen-bond donors (Lipinski definition) is 2. The van der Waals surface area contributed by atoms with E-state index < -0.39 is 0 Å². The number of hydrogen-bond acceptors (Lipinski definition) is 3. The number of benzene rings is 1. The van der Waals surface area contributed by atoms with Crippen molar-refractivity contribution < 1.29 is 4.74 Å². The molecule has 1 aromatic rings. The van der Waals surface area contributed by atoms with Crippen LogP contribution in [0, 0.1) is 0 Å². The van der Waals surface area contributed by atoms with Crippen LogP contribution in [0.4, 0.5) is 0 Å². The Labute approximate surface area is 140 Å². The first-order valence-corrected chi connectivity index (χ1v) is 8.67. The Morgan fingerprint density at radius 3 is 2.57 bits per heavy atom. The molecule has 0 aliphatic carbocycles. The van der Waals surface area contributed by atoms with Crippen molar-refractivity contribution in [1.82, 2.24) is 15.5 Å². The lowest BCUT2D eigenvalue weighted by atomic mass is 10.1. The van der Waals surface area contributed by atoms with Crippen LogP contribution < -0.4 is 10.6 Å². The van der Waals surface area contributed by atoms with Crippen LogP contribution in [-0.2, 0) is 11.2 Å². The molecule has 0 unspecified atom stereocenters. The molecular formula is C18H30N4O. The van der Waals surface area contributed by atoms with E-state index in [1.54, 1.807) is 0 Å². The van der Waals surface area contributed by atoms with Gasteiger partial charge in [0.15, 0.2) is 5.96 Å². The molecule has 2 rings (SSSR count). The van der Waals surface area contributed by atoms with E-state index >= 15 is 0 Å². The van der Waals surface area contributed by atoms with E-state index in [4.69, 9.17) is 4.74 Å². The number of nitrogens with one attached hydrogen (secondary N) is 2. The van der Waals surface area contributed by atoms with Crippen LogP contribution in [0.3, 0.4) is 0 Å². The van der Waals surface area contributed by atoms with Crippen LogP contribution in [0.25, 0.3) is 0 Å². The maximum Gasteiger partial charge on any atom is 0.190 e. The van der Waals surface area contributed by atoms with Crippen molar-refractivity contribution in [2.45, 2.75) is 19.3 Å². The molecule has 5 heteroatoms. The van der Waals surface area contributed by atoms with Gasteiger partial charge in [-0.05, 0) is 31.4 Å². The molecule has 1 saturated heterocycles.